The molecule has 1 aromatic heterocycles. The highest BCUT2D eigenvalue weighted by Crippen LogP contribution is 2.28. The van der Waals surface area contributed by atoms with Gasteiger partial charge in [0.2, 0.25) is 0 Å². The molecule has 0 bridgehead atoms. The maximum absolute atomic E-state index is 9.61. The molecule has 0 radical (unpaired) electrons. The number of rotatable bonds is 2. The molecule has 0 aliphatic carbocycles. The predicted octanol–water partition coefficient (Wildman–Crippen LogP) is 2.94. The lowest BCUT2D eigenvalue weighted by atomic mass is 10.2. The Kier molecular flexibility index (Phi) is 2.73. The number of hydrogen-bond donors (Lipinski definition) is 1. The zero-order valence-corrected chi connectivity index (χ0v) is 9.12. The molecule has 0 saturated heterocycles. The molecule has 0 spiro atoms. The monoisotopic (exact) mass is 222 g/mol. The Balaban J connectivity index is 2.67. The highest BCUT2D eigenvalue weighted by atomic mass is 35.5. The van der Waals surface area contributed by atoms with E-state index >= 15 is 0 Å². The average Bonchev–Trinajstić information content (AvgIpc) is 2.17. The van der Waals surface area contributed by atoms with Crippen LogP contribution in [0.15, 0.2) is 18.2 Å². The largest absolute Gasteiger partial charge is 0.507 e. The molecule has 15 heavy (non-hydrogen) atoms. The van der Waals surface area contributed by atoms with Gasteiger partial charge in [-0.3, -0.25) is 0 Å². The van der Waals surface area contributed by atoms with Gasteiger partial charge in [-0.05, 0) is 18.6 Å². The molecule has 1 heterocycles. The van der Waals surface area contributed by atoms with E-state index in [4.69, 9.17) is 11.6 Å². The van der Waals surface area contributed by atoms with Crippen LogP contribution in [0, 0.1) is 0 Å². The lowest BCUT2D eigenvalue weighted by Crippen LogP contribution is -1.95. The van der Waals surface area contributed by atoms with Crippen molar-refractivity contribution in [3.63, 3.8) is 0 Å². The Bertz CT molecular complexity index is 499. The van der Waals surface area contributed by atoms with Crippen LogP contribution in [0.5, 0.6) is 5.75 Å². The van der Waals surface area contributed by atoms with Gasteiger partial charge in [0.1, 0.15) is 16.7 Å². The van der Waals surface area contributed by atoms with Crippen LogP contribution >= 0.6 is 11.6 Å². The Morgan fingerprint density at radius 2 is 2.13 bits per heavy atom. The number of phenolic OH excluding ortho intramolecular Hbond substituents is 1. The Morgan fingerprint density at radius 1 is 1.33 bits per heavy atom. The number of benzene rings is 1. The van der Waals surface area contributed by atoms with Crippen LogP contribution in [0.1, 0.15) is 19.2 Å². The molecule has 0 saturated carbocycles. The molecule has 78 valence electrons. The molecule has 3 nitrogen and oxygen atoms in total. The van der Waals surface area contributed by atoms with Crippen molar-refractivity contribution in [3.8, 4) is 5.75 Å². The van der Waals surface area contributed by atoms with Gasteiger partial charge in [0.05, 0.1) is 10.9 Å². The van der Waals surface area contributed by atoms with E-state index < -0.39 is 0 Å². The zero-order chi connectivity index (χ0) is 10.8. The van der Waals surface area contributed by atoms with Gasteiger partial charge in [-0.15, -0.1) is 0 Å². The Morgan fingerprint density at radius 3 is 2.87 bits per heavy atom. The molecule has 0 fully saturated rings. The quantitative estimate of drug-likeness (QED) is 0.795. The highest BCUT2D eigenvalue weighted by molar-refractivity contribution is 6.34. The van der Waals surface area contributed by atoms with Crippen molar-refractivity contribution in [2.24, 2.45) is 0 Å². The number of phenols is 1. The number of aromatic nitrogens is 2. The minimum Gasteiger partial charge on any atom is -0.507 e. The summed E-state index contributed by atoms with van der Waals surface area (Å²) in [6.07, 6.45) is 1.77. The van der Waals surface area contributed by atoms with Crippen LogP contribution in [0.4, 0.5) is 0 Å². The normalized spacial score (nSPS) is 10.8. The number of halogens is 1. The standard InChI is InChI=1S/C11H11ClN2O/c1-2-4-9-13-7-5-3-6-8(15)10(7)11(12)14-9/h3,5-6,15H,2,4H2,1H3. The molecule has 0 aliphatic rings. The first-order chi connectivity index (χ1) is 7.22. The minimum atomic E-state index is 0.126. The third-order valence-corrected chi connectivity index (χ3v) is 2.45. The third-order valence-electron chi connectivity index (χ3n) is 2.18. The second-order valence-corrected chi connectivity index (χ2v) is 3.71. The SMILES string of the molecule is CCCc1nc(Cl)c2c(O)cccc2n1. The topological polar surface area (TPSA) is 46.0 Å². The summed E-state index contributed by atoms with van der Waals surface area (Å²) in [5.41, 5.74) is 0.693. The Labute approximate surface area is 92.7 Å². The van der Waals surface area contributed by atoms with Crippen LogP contribution < -0.4 is 0 Å². The van der Waals surface area contributed by atoms with E-state index in [0.29, 0.717) is 16.1 Å². The summed E-state index contributed by atoms with van der Waals surface area (Å²) in [6, 6.07) is 5.15. The van der Waals surface area contributed by atoms with E-state index in [9.17, 15) is 5.11 Å². The van der Waals surface area contributed by atoms with Crippen molar-refractivity contribution >= 4 is 22.5 Å². The van der Waals surface area contributed by atoms with Crippen LogP contribution in [0.25, 0.3) is 10.9 Å². The summed E-state index contributed by atoms with van der Waals surface area (Å²) < 4.78 is 0. The van der Waals surface area contributed by atoms with Crippen LogP contribution in [-0.4, -0.2) is 15.1 Å². The molecule has 2 rings (SSSR count). The van der Waals surface area contributed by atoms with Gasteiger partial charge in [0, 0.05) is 6.42 Å². The fourth-order valence-electron chi connectivity index (χ4n) is 1.50. The first-order valence-corrected chi connectivity index (χ1v) is 5.24. The van der Waals surface area contributed by atoms with E-state index in [1.54, 1.807) is 12.1 Å². The van der Waals surface area contributed by atoms with Gasteiger partial charge in [-0.2, -0.15) is 0 Å². The fourth-order valence-corrected chi connectivity index (χ4v) is 1.79. The number of nitrogens with zero attached hydrogens (tertiary/aromatic N) is 2. The summed E-state index contributed by atoms with van der Waals surface area (Å²) >= 11 is 5.99. The number of hydrogen-bond acceptors (Lipinski definition) is 3. The number of aryl methyl sites for hydroxylation is 1. The second-order valence-electron chi connectivity index (χ2n) is 3.35. The maximum atomic E-state index is 9.61. The summed E-state index contributed by atoms with van der Waals surface area (Å²) in [5, 5.41) is 10.5. The molecule has 0 aliphatic heterocycles. The van der Waals surface area contributed by atoms with Crippen molar-refractivity contribution in [2.45, 2.75) is 19.8 Å². The minimum absolute atomic E-state index is 0.126. The first kappa shape index (κ1) is 10.2. The van der Waals surface area contributed by atoms with Crippen molar-refractivity contribution in [1.29, 1.82) is 0 Å². The van der Waals surface area contributed by atoms with E-state index in [2.05, 4.69) is 16.9 Å². The number of aromatic hydroxyl groups is 1. The van der Waals surface area contributed by atoms with Gasteiger partial charge >= 0.3 is 0 Å². The zero-order valence-electron chi connectivity index (χ0n) is 8.37. The lowest BCUT2D eigenvalue weighted by Gasteiger charge is -2.04. The molecule has 2 aromatic rings. The number of fused-ring (bicyclic) bond motifs is 1. The molecule has 1 aromatic carbocycles. The first-order valence-electron chi connectivity index (χ1n) is 4.86. The summed E-state index contributed by atoms with van der Waals surface area (Å²) in [4.78, 5) is 8.48. The molecule has 0 amide bonds. The average molecular weight is 223 g/mol. The fraction of sp³-hybridized carbons (Fsp3) is 0.273. The molecule has 0 atom stereocenters. The van der Waals surface area contributed by atoms with E-state index in [1.807, 2.05) is 6.07 Å². The van der Waals surface area contributed by atoms with Crippen LogP contribution in [0.3, 0.4) is 0 Å². The predicted molar refractivity (Wildman–Crippen MR) is 60.2 cm³/mol. The van der Waals surface area contributed by atoms with Crippen molar-refractivity contribution in [2.75, 3.05) is 0 Å². The molecule has 0 unspecified atom stereocenters. The lowest BCUT2D eigenvalue weighted by molar-refractivity contribution is 0.481. The maximum Gasteiger partial charge on any atom is 0.144 e. The van der Waals surface area contributed by atoms with Gasteiger partial charge < -0.3 is 5.11 Å². The third kappa shape index (κ3) is 1.88. The van der Waals surface area contributed by atoms with Crippen molar-refractivity contribution < 1.29 is 5.11 Å². The highest BCUT2D eigenvalue weighted by Gasteiger charge is 2.08. The van der Waals surface area contributed by atoms with Crippen LogP contribution in [0.2, 0.25) is 5.15 Å². The van der Waals surface area contributed by atoms with Gasteiger partial charge in [-0.1, -0.05) is 24.6 Å². The second kappa shape index (κ2) is 4.03. The molecular formula is C11H11ClN2O. The summed E-state index contributed by atoms with van der Waals surface area (Å²) in [7, 11) is 0. The van der Waals surface area contributed by atoms with E-state index in [1.165, 1.54) is 0 Å². The van der Waals surface area contributed by atoms with Gasteiger partial charge in [-0.25, -0.2) is 9.97 Å². The van der Waals surface area contributed by atoms with E-state index in [0.717, 1.165) is 18.7 Å². The van der Waals surface area contributed by atoms with Crippen molar-refractivity contribution in [1.82, 2.24) is 9.97 Å². The Hall–Kier alpha value is -1.35. The smallest absolute Gasteiger partial charge is 0.144 e. The van der Waals surface area contributed by atoms with Gasteiger partial charge in [0.15, 0.2) is 0 Å². The molecular weight excluding hydrogens is 212 g/mol. The molecule has 1 N–H and O–H groups in total. The molecule has 4 heteroatoms. The van der Waals surface area contributed by atoms with Crippen molar-refractivity contribution in [3.05, 3.63) is 29.2 Å². The summed E-state index contributed by atoms with van der Waals surface area (Å²) in [5.74, 6) is 0.848. The summed E-state index contributed by atoms with van der Waals surface area (Å²) in [6.45, 7) is 2.06. The van der Waals surface area contributed by atoms with Gasteiger partial charge in [0.25, 0.3) is 0 Å². The van der Waals surface area contributed by atoms with Crippen LogP contribution in [-0.2, 0) is 6.42 Å². The van der Waals surface area contributed by atoms with E-state index in [-0.39, 0.29) is 5.75 Å².